The molecule has 4 rings (SSSR count). The lowest BCUT2D eigenvalue weighted by Gasteiger charge is -2.40. The van der Waals surface area contributed by atoms with Gasteiger partial charge in [0.15, 0.2) is 0 Å². The van der Waals surface area contributed by atoms with Crippen LogP contribution in [0.15, 0.2) is 30.5 Å². The molecular weight excluding hydrogens is 379 g/mol. The SMILES string of the molecule is CCCCN1CCC(N2CCN(c3ccc(F)cc3)CC2)c2c(c(C)cn2C)C1=O. The molecule has 5 nitrogen and oxygen atoms in total. The molecule has 2 aliphatic heterocycles. The minimum absolute atomic E-state index is 0.195. The molecule has 0 saturated carbocycles. The molecular formula is C24H33FN4O. The Morgan fingerprint density at radius 1 is 1.07 bits per heavy atom. The van der Waals surface area contributed by atoms with E-state index in [0.29, 0.717) is 0 Å². The van der Waals surface area contributed by atoms with Gasteiger partial charge in [0.2, 0.25) is 0 Å². The van der Waals surface area contributed by atoms with Gasteiger partial charge in [0.25, 0.3) is 5.91 Å². The van der Waals surface area contributed by atoms with Gasteiger partial charge in [0, 0.05) is 63.9 Å². The summed E-state index contributed by atoms with van der Waals surface area (Å²) < 4.78 is 15.4. The van der Waals surface area contributed by atoms with Gasteiger partial charge in [-0.1, -0.05) is 13.3 Å². The highest BCUT2D eigenvalue weighted by Gasteiger charge is 2.35. The topological polar surface area (TPSA) is 31.7 Å². The molecule has 1 unspecified atom stereocenters. The fourth-order valence-electron chi connectivity index (χ4n) is 5.02. The first kappa shape index (κ1) is 20.9. The summed E-state index contributed by atoms with van der Waals surface area (Å²) in [5.41, 5.74) is 4.24. The number of carbonyl (C=O) groups is 1. The first-order valence-corrected chi connectivity index (χ1v) is 11.2. The molecule has 0 aliphatic carbocycles. The summed E-state index contributed by atoms with van der Waals surface area (Å²) in [4.78, 5) is 20.2. The molecule has 1 amide bonds. The second-order valence-electron chi connectivity index (χ2n) is 8.63. The van der Waals surface area contributed by atoms with Crippen molar-refractivity contribution in [3.63, 3.8) is 0 Å². The van der Waals surface area contributed by atoms with Gasteiger partial charge in [0.05, 0.1) is 11.6 Å². The number of aryl methyl sites for hydroxylation is 2. The predicted molar refractivity (Wildman–Crippen MR) is 119 cm³/mol. The number of aromatic nitrogens is 1. The fraction of sp³-hybridized carbons (Fsp3) is 0.542. The summed E-state index contributed by atoms with van der Waals surface area (Å²) in [5.74, 6) is 0.00346. The summed E-state index contributed by atoms with van der Waals surface area (Å²) >= 11 is 0. The number of hydrogen-bond donors (Lipinski definition) is 0. The number of rotatable bonds is 5. The molecule has 1 aromatic heterocycles. The Labute approximate surface area is 179 Å². The first-order valence-electron chi connectivity index (χ1n) is 11.2. The van der Waals surface area contributed by atoms with Crippen LogP contribution in [0.25, 0.3) is 0 Å². The summed E-state index contributed by atoms with van der Waals surface area (Å²) in [7, 11) is 2.07. The predicted octanol–water partition coefficient (Wildman–Crippen LogP) is 3.98. The van der Waals surface area contributed by atoms with Gasteiger partial charge in [-0.2, -0.15) is 0 Å². The van der Waals surface area contributed by atoms with Crippen LogP contribution in [-0.2, 0) is 7.05 Å². The van der Waals surface area contributed by atoms with Crippen molar-refractivity contribution in [2.24, 2.45) is 7.05 Å². The van der Waals surface area contributed by atoms with Crippen LogP contribution < -0.4 is 4.90 Å². The highest BCUT2D eigenvalue weighted by atomic mass is 19.1. The van der Waals surface area contributed by atoms with E-state index in [1.807, 2.05) is 12.1 Å². The van der Waals surface area contributed by atoms with E-state index in [4.69, 9.17) is 0 Å². The molecule has 0 radical (unpaired) electrons. The molecule has 2 aliphatic rings. The van der Waals surface area contributed by atoms with E-state index >= 15 is 0 Å². The minimum Gasteiger partial charge on any atom is -0.369 e. The molecule has 1 saturated heterocycles. The molecule has 162 valence electrons. The Morgan fingerprint density at radius 2 is 1.77 bits per heavy atom. The maximum atomic E-state index is 13.3. The lowest BCUT2D eigenvalue weighted by molar-refractivity contribution is 0.0749. The van der Waals surface area contributed by atoms with Gasteiger partial charge < -0.3 is 14.4 Å². The standard InChI is InChI=1S/C24H33FN4O/c1-4-5-11-29-12-10-21(23-22(24(29)30)18(2)17-26(23)3)28-15-13-27(14-16-28)20-8-6-19(25)7-9-20/h6-9,17,21H,4-5,10-16H2,1-3H3. The number of hydrogen-bond acceptors (Lipinski definition) is 3. The van der Waals surface area contributed by atoms with Crippen molar-refractivity contribution in [1.29, 1.82) is 0 Å². The maximum absolute atomic E-state index is 13.3. The second-order valence-corrected chi connectivity index (χ2v) is 8.63. The van der Waals surface area contributed by atoms with Crippen molar-refractivity contribution >= 4 is 11.6 Å². The number of nitrogens with zero attached hydrogens (tertiary/aromatic N) is 4. The van der Waals surface area contributed by atoms with Gasteiger partial charge in [-0.05, 0) is 49.6 Å². The Morgan fingerprint density at radius 3 is 2.43 bits per heavy atom. The average molecular weight is 413 g/mol. The molecule has 1 atom stereocenters. The third-order valence-corrected chi connectivity index (χ3v) is 6.64. The zero-order valence-corrected chi connectivity index (χ0v) is 18.4. The van der Waals surface area contributed by atoms with E-state index in [2.05, 4.69) is 46.4 Å². The quantitative estimate of drug-likeness (QED) is 0.744. The largest absolute Gasteiger partial charge is 0.369 e. The number of anilines is 1. The number of piperazine rings is 1. The Bertz CT molecular complexity index is 883. The van der Waals surface area contributed by atoms with Crippen LogP contribution in [0.2, 0.25) is 0 Å². The van der Waals surface area contributed by atoms with Gasteiger partial charge >= 0.3 is 0 Å². The van der Waals surface area contributed by atoms with Crippen molar-refractivity contribution in [2.75, 3.05) is 44.2 Å². The number of amides is 1. The molecule has 2 aromatic rings. The van der Waals surface area contributed by atoms with Crippen LogP contribution in [0.5, 0.6) is 0 Å². The zero-order chi connectivity index (χ0) is 21.3. The fourth-order valence-corrected chi connectivity index (χ4v) is 5.02. The monoisotopic (exact) mass is 412 g/mol. The van der Waals surface area contributed by atoms with Crippen molar-refractivity contribution in [2.45, 2.75) is 39.2 Å². The van der Waals surface area contributed by atoms with Crippen LogP contribution in [0.1, 0.15) is 53.8 Å². The highest BCUT2D eigenvalue weighted by Crippen LogP contribution is 2.35. The summed E-state index contributed by atoms with van der Waals surface area (Å²) in [5, 5.41) is 0. The van der Waals surface area contributed by atoms with Gasteiger partial charge in [-0.15, -0.1) is 0 Å². The minimum atomic E-state index is -0.195. The lowest BCUT2D eigenvalue weighted by atomic mass is 10.0. The van der Waals surface area contributed by atoms with E-state index in [-0.39, 0.29) is 17.8 Å². The smallest absolute Gasteiger partial charge is 0.256 e. The van der Waals surface area contributed by atoms with E-state index in [0.717, 1.165) is 75.3 Å². The van der Waals surface area contributed by atoms with Crippen molar-refractivity contribution in [3.05, 3.63) is 53.1 Å². The molecule has 3 heterocycles. The molecule has 6 heteroatoms. The van der Waals surface area contributed by atoms with E-state index in [1.165, 1.54) is 17.8 Å². The molecule has 30 heavy (non-hydrogen) atoms. The average Bonchev–Trinajstić information content (AvgIpc) is 2.95. The molecule has 0 N–H and O–H groups in total. The Hall–Kier alpha value is -2.34. The summed E-state index contributed by atoms with van der Waals surface area (Å²) in [6, 6.07) is 7.04. The van der Waals surface area contributed by atoms with Crippen LogP contribution in [0, 0.1) is 12.7 Å². The van der Waals surface area contributed by atoms with Gasteiger partial charge in [-0.25, -0.2) is 4.39 Å². The first-order chi connectivity index (χ1) is 14.5. The summed E-state index contributed by atoms with van der Waals surface area (Å²) in [6.45, 7) is 9.59. The summed E-state index contributed by atoms with van der Waals surface area (Å²) in [6.07, 6.45) is 5.22. The van der Waals surface area contributed by atoms with Crippen LogP contribution in [0.3, 0.4) is 0 Å². The zero-order valence-electron chi connectivity index (χ0n) is 18.4. The second kappa shape index (κ2) is 8.80. The number of carbonyl (C=O) groups excluding carboxylic acids is 1. The van der Waals surface area contributed by atoms with Crippen molar-refractivity contribution in [3.8, 4) is 0 Å². The van der Waals surface area contributed by atoms with E-state index < -0.39 is 0 Å². The highest BCUT2D eigenvalue weighted by molar-refractivity contribution is 5.97. The van der Waals surface area contributed by atoms with Gasteiger partial charge in [0.1, 0.15) is 5.82 Å². The van der Waals surface area contributed by atoms with Crippen LogP contribution in [-0.4, -0.2) is 59.5 Å². The number of benzene rings is 1. The van der Waals surface area contributed by atoms with Crippen molar-refractivity contribution < 1.29 is 9.18 Å². The maximum Gasteiger partial charge on any atom is 0.256 e. The Balaban J connectivity index is 1.54. The number of unbranched alkanes of at least 4 members (excludes halogenated alkanes) is 1. The lowest BCUT2D eigenvalue weighted by Crippen LogP contribution is -2.48. The molecule has 1 fully saturated rings. The van der Waals surface area contributed by atoms with E-state index in [1.54, 1.807) is 0 Å². The molecule has 0 spiro atoms. The van der Waals surface area contributed by atoms with E-state index in [9.17, 15) is 9.18 Å². The molecule has 0 bridgehead atoms. The third-order valence-electron chi connectivity index (χ3n) is 6.64. The molecule has 1 aromatic carbocycles. The van der Waals surface area contributed by atoms with Crippen LogP contribution >= 0.6 is 0 Å². The Kier molecular flexibility index (Phi) is 6.14. The third kappa shape index (κ3) is 3.97. The number of halogens is 1. The van der Waals surface area contributed by atoms with Gasteiger partial charge in [-0.3, -0.25) is 9.69 Å². The normalized spacial score (nSPS) is 20.4. The number of fused-ring (bicyclic) bond motifs is 1. The van der Waals surface area contributed by atoms with Crippen molar-refractivity contribution in [1.82, 2.24) is 14.4 Å². The van der Waals surface area contributed by atoms with Crippen LogP contribution in [0.4, 0.5) is 10.1 Å².